The number of carbonyl (C=O) groups excluding carboxylic acids is 1. The Bertz CT molecular complexity index is 648. The van der Waals surface area contributed by atoms with Crippen LogP contribution in [0.3, 0.4) is 0 Å². The van der Waals surface area contributed by atoms with Gasteiger partial charge in [-0.25, -0.2) is 0 Å². The summed E-state index contributed by atoms with van der Waals surface area (Å²) < 4.78 is 10.3. The van der Waals surface area contributed by atoms with Crippen molar-refractivity contribution in [2.24, 2.45) is 0 Å². The first-order valence-electron chi connectivity index (χ1n) is 7.35. The van der Waals surface area contributed by atoms with Crippen LogP contribution in [-0.2, 0) is 11.3 Å². The second-order valence-electron chi connectivity index (χ2n) is 5.27. The number of ether oxygens (including phenoxy) is 1. The fourth-order valence-corrected chi connectivity index (χ4v) is 2.41. The summed E-state index contributed by atoms with van der Waals surface area (Å²) in [6.45, 7) is 4.93. The number of aryl methyl sites for hydroxylation is 1. The number of nitrogens with zero attached hydrogens (tertiary/aromatic N) is 2. The van der Waals surface area contributed by atoms with Crippen LogP contribution in [0.1, 0.15) is 21.8 Å². The van der Waals surface area contributed by atoms with Gasteiger partial charge in [-0.2, -0.15) is 0 Å². The van der Waals surface area contributed by atoms with E-state index < -0.39 is 0 Å². The van der Waals surface area contributed by atoms with Crippen molar-refractivity contribution < 1.29 is 14.1 Å². The molecule has 3 rings (SSSR count). The van der Waals surface area contributed by atoms with Gasteiger partial charge in [0.15, 0.2) is 0 Å². The summed E-state index contributed by atoms with van der Waals surface area (Å²) in [5.74, 6) is 0.831. The van der Waals surface area contributed by atoms with Crippen molar-refractivity contribution in [3.63, 3.8) is 0 Å². The number of hydrogen-bond donors (Lipinski definition) is 1. The summed E-state index contributed by atoms with van der Waals surface area (Å²) in [5, 5.41) is 7.19. The molecule has 2 heterocycles. The van der Waals surface area contributed by atoms with Gasteiger partial charge in [-0.1, -0.05) is 11.2 Å². The zero-order valence-electron chi connectivity index (χ0n) is 12.5. The first kappa shape index (κ1) is 14.6. The van der Waals surface area contributed by atoms with E-state index in [1.54, 1.807) is 0 Å². The van der Waals surface area contributed by atoms with E-state index in [2.05, 4.69) is 10.5 Å². The van der Waals surface area contributed by atoms with Crippen LogP contribution >= 0.6 is 0 Å². The van der Waals surface area contributed by atoms with Crippen LogP contribution in [0.5, 0.6) is 0 Å². The van der Waals surface area contributed by atoms with E-state index in [1.807, 2.05) is 42.2 Å². The Balaban J connectivity index is 1.65. The van der Waals surface area contributed by atoms with Crippen molar-refractivity contribution in [3.8, 4) is 0 Å². The lowest BCUT2D eigenvalue weighted by atomic mass is 10.1. The first-order valence-corrected chi connectivity index (χ1v) is 7.35. The normalized spacial score (nSPS) is 14.9. The van der Waals surface area contributed by atoms with Crippen molar-refractivity contribution in [1.29, 1.82) is 0 Å². The molecular weight excluding hydrogens is 282 g/mol. The van der Waals surface area contributed by atoms with Gasteiger partial charge in [-0.3, -0.25) is 4.79 Å². The molecule has 1 saturated heterocycles. The third kappa shape index (κ3) is 3.46. The van der Waals surface area contributed by atoms with E-state index in [4.69, 9.17) is 9.26 Å². The molecule has 2 aromatic rings. The van der Waals surface area contributed by atoms with E-state index in [9.17, 15) is 4.79 Å². The summed E-state index contributed by atoms with van der Waals surface area (Å²) in [6.07, 6.45) is 0. The van der Waals surface area contributed by atoms with Crippen LogP contribution in [0, 0.1) is 6.92 Å². The molecular formula is C16H19N3O3. The van der Waals surface area contributed by atoms with Crippen LogP contribution in [0.2, 0.25) is 0 Å². The third-order valence-electron chi connectivity index (χ3n) is 3.56. The fraction of sp³-hybridized carbons (Fsp3) is 0.375. The van der Waals surface area contributed by atoms with Gasteiger partial charge in [0.1, 0.15) is 11.5 Å². The SMILES string of the molecule is Cc1cc(CNc2cccc(C(=O)N3CCOCC3)c2)no1. The summed E-state index contributed by atoms with van der Waals surface area (Å²) in [6, 6.07) is 9.40. The highest BCUT2D eigenvalue weighted by Gasteiger charge is 2.18. The van der Waals surface area contributed by atoms with Crippen molar-refractivity contribution >= 4 is 11.6 Å². The molecule has 6 nitrogen and oxygen atoms in total. The van der Waals surface area contributed by atoms with E-state index in [0.717, 1.165) is 17.1 Å². The number of anilines is 1. The molecule has 22 heavy (non-hydrogen) atoms. The summed E-state index contributed by atoms with van der Waals surface area (Å²) >= 11 is 0. The number of hydrogen-bond acceptors (Lipinski definition) is 5. The van der Waals surface area contributed by atoms with Crippen LogP contribution in [0.25, 0.3) is 0 Å². The van der Waals surface area contributed by atoms with Crippen molar-refractivity contribution in [1.82, 2.24) is 10.1 Å². The fourth-order valence-electron chi connectivity index (χ4n) is 2.41. The summed E-state index contributed by atoms with van der Waals surface area (Å²) in [4.78, 5) is 14.3. The quantitative estimate of drug-likeness (QED) is 0.936. The molecule has 0 bridgehead atoms. The zero-order valence-corrected chi connectivity index (χ0v) is 12.5. The van der Waals surface area contributed by atoms with Gasteiger partial charge in [-0.15, -0.1) is 0 Å². The predicted molar refractivity (Wildman–Crippen MR) is 81.7 cm³/mol. The highest BCUT2D eigenvalue weighted by molar-refractivity contribution is 5.95. The number of morpholine rings is 1. The maximum Gasteiger partial charge on any atom is 0.254 e. The van der Waals surface area contributed by atoms with Crippen molar-refractivity contribution in [2.75, 3.05) is 31.6 Å². The average molecular weight is 301 g/mol. The van der Waals surface area contributed by atoms with Crippen molar-refractivity contribution in [2.45, 2.75) is 13.5 Å². The highest BCUT2D eigenvalue weighted by atomic mass is 16.5. The molecule has 116 valence electrons. The van der Waals surface area contributed by atoms with E-state index in [-0.39, 0.29) is 5.91 Å². The molecule has 6 heteroatoms. The number of benzene rings is 1. The van der Waals surface area contributed by atoms with Crippen LogP contribution < -0.4 is 5.32 Å². The average Bonchev–Trinajstić information content (AvgIpc) is 2.99. The first-order chi connectivity index (χ1) is 10.7. The lowest BCUT2D eigenvalue weighted by Crippen LogP contribution is -2.40. The molecule has 1 aromatic carbocycles. The molecule has 1 fully saturated rings. The Kier molecular flexibility index (Phi) is 4.39. The molecule has 0 spiro atoms. The summed E-state index contributed by atoms with van der Waals surface area (Å²) in [5.41, 5.74) is 2.41. The Hall–Kier alpha value is -2.34. The lowest BCUT2D eigenvalue weighted by molar-refractivity contribution is 0.0303. The van der Waals surface area contributed by atoms with Gasteiger partial charge in [0.25, 0.3) is 5.91 Å². The molecule has 1 N–H and O–H groups in total. The molecule has 0 atom stereocenters. The van der Waals surface area contributed by atoms with Gasteiger partial charge in [-0.05, 0) is 25.1 Å². The van der Waals surface area contributed by atoms with Crippen LogP contribution in [0.4, 0.5) is 5.69 Å². The maximum absolute atomic E-state index is 12.4. The number of aromatic nitrogens is 1. The lowest BCUT2D eigenvalue weighted by Gasteiger charge is -2.27. The topological polar surface area (TPSA) is 67.6 Å². The molecule has 1 aliphatic heterocycles. The van der Waals surface area contributed by atoms with E-state index >= 15 is 0 Å². The molecule has 0 unspecified atom stereocenters. The number of amides is 1. The van der Waals surface area contributed by atoms with Crippen LogP contribution in [-0.4, -0.2) is 42.3 Å². The second kappa shape index (κ2) is 6.62. The predicted octanol–water partition coefficient (Wildman–Crippen LogP) is 2.07. The van der Waals surface area contributed by atoms with Gasteiger partial charge in [0.2, 0.25) is 0 Å². The third-order valence-corrected chi connectivity index (χ3v) is 3.56. The standard InChI is InChI=1S/C16H19N3O3/c1-12-9-15(18-22-12)11-17-14-4-2-3-13(10-14)16(20)19-5-7-21-8-6-19/h2-4,9-10,17H,5-8,11H2,1H3. The Morgan fingerprint density at radius 1 is 1.32 bits per heavy atom. The van der Waals surface area contributed by atoms with E-state index in [1.165, 1.54) is 0 Å². The Morgan fingerprint density at radius 3 is 2.86 bits per heavy atom. The Labute approximate surface area is 129 Å². The maximum atomic E-state index is 12.4. The van der Waals surface area contributed by atoms with E-state index in [0.29, 0.717) is 38.4 Å². The minimum atomic E-state index is 0.0456. The van der Waals surface area contributed by atoms with Gasteiger partial charge in [0.05, 0.1) is 19.8 Å². The summed E-state index contributed by atoms with van der Waals surface area (Å²) in [7, 11) is 0. The number of carbonyl (C=O) groups is 1. The number of rotatable bonds is 4. The number of nitrogens with one attached hydrogen (secondary N) is 1. The van der Waals surface area contributed by atoms with Gasteiger partial charge < -0.3 is 19.5 Å². The minimum absolute atomic E-state index is 0.0456. The molecule has 1 amide bonds. The smallest absolute Gasteiger partial charge is 0.254 e. The second-order valence-corrected chi connectivity index (χ2v) is 5.27. The van der Waals surface area contributed by atoms with Crippen LogP contribution in [0.15, 0.2) is 34.9 Å². The highest BCUT2D eigenvalue weighted by Crippen LogP contribution is 2.15. The molecule has 0 saturated carbocycles. The van der Waals surface area contributed by atoms with Gasteiger partial charge in [0, 0.05) is 30.4 Å². The van der Waals surface area contributed by atoms with Crippen molar-refractivity contribution in [3.05, 3.63) is 47.3 Å². The minimum Gasteiger partial charge on any atom is -0.379 e. The van der Waals surface area contributed by atoms with Gasteiger partial charge >= 0.3 is 0 Å². The largest absolute Gasteiger partial charge is 0.379 e. The zero-order chi connectivity index (χ0) is 15.4. The molecule has 1 aliphatic rings. The Morgan fingerprint density at radius 2 is 2.14 bits per heavy atom. The molecule has 0 aliphatic carbocycles. The molecule has 0 radical (unpaired) electrons. The monoisotopic (exact) mass is 301 g/mol. The molecule has 1 aromatic heterocycles.